The van der Waals surface area contributed by atoms with Gasteiger partial charge in [0.1, 0.15) is 11.5 Å². The molecule has 0 atom stereocenters. The first kappa shape index (κ1) is 23.8. The van der Waals surface area contributed by atoms with E-state index in [0.717, 1.165) is 12.8 Å². The van der Waals surface area contributed by atoms with Crippen molar-refractivity contribution in [3.05, 3.63) is 53.6 Å². The Morgan fingerprint density at radius 2 is 1.85 bits per heavy atom. The van der Waals surface area contributed by atoms with Crippen LogP contribution in [0.3, 0.4) is 0 Å². The number of rotatable bonds is 9. The average molecular weight is 465 g/mol. The van der Waals surface area contributed by atoms with Gasteiger partial charge in [0.05, 0.1) is 5.69 Å². The fourth-order valence-electron chi connectivity index (χ4n) is 3.83. The van der Waals surface area contributed by atoms with Crippen molar-refractivity contribution < 1.29 is 23.9 Å². The third kappa shape index (κ3) is 5.95. The lowest BCUT2D eigenvalue weighted by atomic mass is 9.87. The van der Waals surface area contributed by atoms with E-state index in [9.17, 15) is 14.4 Å². The molecule has 0 unspecified atom stereocenters. The number of ketones is 1. The van der Waals surface area contributed by atoms with Gasteiger partial charge in [-0.05, 0) is 60.6 Å². The molecule has 1 heterocycles. The Balaban J connectivity index is 1.38. The van der Waals surface area contributed by atoms with Crippen LogP contribution >= 0.6 is 0 Å². The monoisotopic (exact) mass is 464 g/mol. The van der Waals surface area contributed by atoms with Gasteiger partial charge in [0.2, 0.25) is 5.91 Å². The minimum absolute atomic E-state index is 0.0139. The van der Waals surface area contributed by atoms with Crippen LogP contribution in [0, 0.1) is 0 Å². The molecule has 0 saturated heterocycles. The van der Waals surface area contributed by atoms with Crippen LogP contribution in [0.15, 0.2) is 42.5 Å². The number of nitrogens with one attached hydrogen (secondary N) is 1. The normalized spacial score (nSPS) is 15.4. The topological polar surface area (TPSA) is 84.9 Å². The summed E-state index contributed by atoms with van der Waals surface area (Å²) in [5.41, 5.74) is 2.24. The highest BCUT2D eigenvalue weighted by Crippen LogP contribution is 2.33. The van der Waals surface area contributed by atoms with Crippen molar-refractivity contribution in [2.24, 2.45) is 0 Å². The van der Waals surface area contributed by atoms with Gasteiger partial charge < -0.3 is 19.7 Å². The molecule has 0 radical (unpaired) electrons. The summed E-state index contributed by atoms with van der Waals surface area (Å²) in [7, 11) is 0. The Kier molecular flexibility index (Phi) is 6.91. The van der Waals surface area contributed by atoms with E-state index in [-0.39, 0.29) is 36.2 Å². The molecule has 2 amide bonds. The summed E-state index contributed by atoms with van der Waals surface area (Å²) in [5.74, 6) is 0.820. The third-order valence-electron chi connectivity index (χ3n) is 6.04. The molecule has 1 fully saturated rings. The summed E-state index contributed by atoms with van der Waals surface area (Å²) in [6.07, 6.45) is 2.99. The van der Waals surface area contributed by atoms with E-state index in [0.29, 0.717) is 48.2 Å². The number of hydrogen-bond acceptors (Lipinski definition) is 5. The van der Waals surface area contributed by atoms with Gasteiger partial charge in [-0.2, -0.15) is 0 Å². The zero-order valence-corrected chi connectivity index (χ0v) is 20.1. The van der Waals surface area contributed by atoms with Crippen LogP contribution in [0.1, 0.15) is 62.4 Å². The maximum Gasteiger partial charge on any atom is 0.265 e. The lowest BCUT2D eigenvalue weighted by molar-refractivity contribution is -0.122. The first-order valence-electron chi connectivity index (χ1n) is 11.8. The maximum absolute atomic E-state index is 12.8. The van der Waals surface area contributed by atoms with Crippen molar-refractivity contribution in [1.29, 1.82) is 0 Å². The second kappa shape index (κ2) is 9.87. The molecule has 34 heavy (non-hydrogen) atoms. The predicted molar refractivity (Wildman–Crippen MR) is 130 cm³/mol. The summed E-state index contributed by atoms with van der Waals surface area (Å²) in [4.78, 5) is 38.9. The van der Waals surface area contributed by atoms with Gasteiger partial charge in [0, 0.05) is 24.6 Å². The smallest absolute Gasteiger partial charge is 0.265 e. The summed E-state index contributed by atoms with van der Waals surface area (Å²) in [6.45, 7) is 6.66. The summed E-state index contributed by atoms with van der Waals surface area (Å²) < 4.78 is 11.2. The fraction of sp³-hybridized carbons (Fsp3) is 0.444. The molecule has 2 aromatic carbocycles. The molecular weight excluding hydrogens is 432 g/mol. The summed E-state index contributed by atoms with van der Waals surface area (Å²) in [6, 6.07) is 13.1. The van der Waals surface area contributed by atoms with Crippen molar-refractivity contribution >= 4 is 23.3 Å². The zero-order chi connectivity index (χ0) is 24.3. The van der Waals surface area contributed by atoms with Crippen LogP contribution < -0.4 is 19.7 Å². The molecule has 7 heteroatoms. The molecule has 4 rings (SSSR count). The van der Waals surface area contributed by atoms with Crippen LogP contribution in [-0.4, -0.2) is 43.4 Å². The van der Waals surface area contributed by atoms with Crippen molar-refractivity contribution in [2.75, 3.05) is 24.7 Å². The van der Waals surface area contributed by atoms with E-state index in [4.69, 9.17) is 9.47 Å². The van der Waals surface area contributed by atoms with E-state index in [2.05, 4.69) is 26.1 Å². The van der Waals surface area contributed by atoms with Gasteiger partial charge in [-0.25, -0.2) is 0 Å². The number of carbonyl (C=O) groups is 3. The second-order valence-corrected chi connectivity index (χ2v) is 9.95. The van der Waals surface area contributed by atoms with Crippen LogP contribution in [0.25, 0.3) is 0 Å². The molecular formula is C27H32N2O5. The van der Waals surface area contributed by atoms with Crippen molar-refractivity contribution in [3.63, 3.8) is 0 Å². The lowest BCUT2D eigenvalue weighted by Gasteiger charge is -2.29. The van der Waals surface area contributed by atoms with Crippen molar-refractivity contribution in [2.45, 2.75) is 57.9 Å². The van der Waals surface area contributed by atoms with E-state index in [1.165, 1.54) is 5.56 Å². The number of carbonyl (C=O) groups excluding carboxylic acids is 3. The molecule has 0 bridgehead atoms. The number of fused-ring (bicyclic) bond motifs is 1. The van der Waals surface area contributed by atoms with Crippen LogP contribution in [-0.2, 0) is 15.0 Å². The number of benzene rings is 2. The molecule has 7 nitrogen and oxygen atoms in total. The highest BCUT2D eigenvalue weighted by molar-refractivity contribution is 6.02. The molecule has 180 valence electrons. The third-order valence-corrected chi connectivity index (χ3v) is 6.04. The van der Waals surface area contributed by atoms with E-state index >= 15 is 0 Å². The molecule has 0 spiro atoms. The maximum atomic E-state index is 12.8. The Morgan fingerprint density at radius 3 is 2.53 bits per heavy atom. The number of anilines is 1. The van der Waals surface area contributed by atoms with Gasteiger partial charge in [0.25, 0.3) is 5.91 Å². The number of nitrogens with zero attached hydrogens (tertiary/aromatic N) is 1. The van der Waals surface area contributed by atoms with Gasteiger partial charge in [-0.1, -0.05) is 32.9 Å². The highest BCUT2D eigenvalue weighted by atomic mass is 16.5. The molecule has 0 aromatic heterocycles. The Labute approximate surface area is 200 Å². The predicted octanol–water partition coefficient (Wildman–Crippen LogP) is 4.03. The minimum Gasteiger partial charge on any atom is -0.485 e. The van der Waals surface area contributed by atoms with Gasteiger partial charge in [0.15, 0.2) is 19.0 Å². The van der Waals surface area contributed by atoms with Gasteiger partial charge in [-0.15, -0.1) is 0 Å². The fourth-order valence-corrected chi connectivity index (χ4v) is 3.83. The number of amides is 2. The Hall–Kier alpha value is -3.35. The van der Waals surface area contributed by atoms with Crippen LogP contribution in [0.5, 0.6) is 11.5 Å². The first-order valence-corrected chi connectivity index (χ1v) is 11.8. The van der Waals surface area contributed by atoms with Crippen LogP contribution in [0.4, 0.5) is 5.69 Å². The Morgan fingerprint density at radius 1 is 1.12 bits per heavy atom. The van der Waals surface area contributed by atoms with Crippen molar-refractivity contribution in [3.8, 4) is 11.5 Å². The van der Waals surface area contributed by atoms with E-state index in [1.807, 2.05) is 24.3 Å². The zero-order valence-electron chi connectivity index (χ0n) is 20.1. The largest absolute Gasteiger partial charge is 0.485 e. The van der Waals surface area contributed by atoms with E-state index in [1.54, 1.807) is 23.1 Å². The summed E-state index contributed by atoms with van der Waals surface area (Å²) >= 11 is 0. The lowest BCUT2D eigenvalue weighted by Crippen LogP contribution is -2.40. The standard InChI is InChI=1S/C27H32N2O5/c1-27(2,3)19-7-11-21(12-8-19)33-16-23(30)18-6-13-24-22(15-18)29(26(32)17-34-24)14-4-5-25(31)28-20-9-10-20/h6-8,11-13,15,20H,4-5,9-10,14,16-17H2,1-3H3,(H,28,31). The van der Waals surface area contributed by atoms with Gasteiger partial charge >= 0.3 is 0 Å². The highest BCUT2D eigenvalue weighted by Gasteiger charge is 2.27. The Bertz CT molecular complexity index is 1070. The molecule has 1 aliphatic carbocycles. The summed E-state index contributed by atoms with van der Waals surface area (Å²) in [5, 5.41) is 2.96. The number of ether oxygens (including phenoxy) is 2. The second-order valence-electron chi connectivity index (χ2n) is 9.95. The molecule has 2 aliphatic rings. The molecule has 1 saturated carbocycles. The molecule has 1 aliphatic heterocycles. The first-order chi connectivity index (χ1) is 16.2. The number of hydrogen-bond donors (Lipinski definition) is 1. The SMILES string of the molecule is CC(C)(C)c1ccc(OCC(=O)c2ccc3c(c2)N(CCCC(=O)NC2CC2)C(=O)CO3)cc1. The quantitative estimate of drug-likeness (QED) is 0.567. The minimum atomic E-state index is -0.190. The van der Waals surface area contributed by atoms with Gasteiger partial charge in [-0.3, -0.25) is 14.4 Å². The molecule has 1 N–H and O–H groups in total. The number of Topliss-reactive ketones (excluding diaryl/α,β-unsaturated/α-hetero) is 1. The van der Waals surface area contributed by atoms with E-state index < -0.39 is 0 Å². The average Bonchev–Trinajstić information content (AvgIpc) is 3.62. The molecule has 2 aromatic rings. The van der Waals surface area contributed by atoms with Crippen molar-refractivity contribution in [1.82, 2.24) is 5.32 Å². The van der Waals surface area contributed by atoms with Crippen LogP contribution in [0.2, 0.25) is 0 Å².